The van der Waals surface area contributed by atoms with Crippen molar-refractivity contribution in [3.63, 3.8) is 0 Å². The number of carbonyl (C=O) groups is 1. The molecule has 1 aliphatic rings. The van der Waals surface area contributed by atoms with Crippen molar-refractivity contribution in [3.05, 3.63) is 35.1 Å². The van der Waals surface area contributed by atoms with Crippen molar-refractivity contribution in [1.29, 1.82) is 0 Å². The maximum Gasteiger partial charge on any atom is 0.419 e. The number of nitrogens with two attached hydrogens (primary N) is 1. The number of carbonyl (C=O) groups excluding carboxylic acids is 1. The Balaban J connectivity index is 2.18. The van der Waals surface area contributed by atoms with E-state index in [1.807, 2.05) is 11.9 Å². The monoisotopic (exact) mass is 333 g/mol. The van der Waals surface area contributed by atoms with E-state index in [0.29, 0.717) is 6.07 Å². The van der Waals surface area contributed by atoms with E-state index >= 15 is 0 Å². The molecule has 1 aliphatic heterocycles. The molecule has 1 atom stereocenters. The Kier molecular flexibility index (Phi) is 5.26. The van der Waals surface area contributed by atoms with Gasteiger partial charge < -0.3 is 10.6 Å². The zero-order chi connectivity index (χ0) is 17.2. The van der Waals surface area contributed by atoms with E-state index in [1.165, 1.54) is 0 Å². The lowest BCUT2D eigenvalue weighted by Crippen LogP contribution is -2.47. The fourth-order valence-corrected chi connectivity index (χ4v) is 2.63. The molecule has 1 amide bonds. The van der Waals surface area contributed by atoms with Crippen molar-refractivity contribution in [2.24, 2.45) is 5.73 Å². The lowest BCUT2D eigenvalue weighted by molar-refractivity contribution is -0.140. The maximum atomic E-state index is 13.7. The summed E-state index contributed by atoms with van der Waals surface area (Å²) in [7, 11) is 1.98. The molecular weight excluding hydrogens is 314 g/mol. The molecule has 0 bridgehead atoms. The van der Waals surface area contributed by atoms with Gasteiger partial charge in [0.2, 0.25) is 5.91 Å². The van der Waals surface area contributed by atoms with Crippen LogP contribution in [0.25, 0.3) is 0 Å². The molecule has 1 unspecified atom stereocenters. The maximum absolute atomic E-state index is 13.7. The van der Waals surface area contributed by atoms with E-state index in [2.05, 4.69) is 4.90 Å². The van der Waals surface area contributed by atoms with Crippen LogP contribution < -0.4 is 5.73 Å². The molecule has 2 rings (SSSR count). The molecule has 1 aromatic carbocycles. The van der Waals surface area contributed by atoms with Gasteiger partial charge in [-0.05, 0) is 24.7 Å². The minimum atomic E-state index is -4.76. The molecule has 0 spiro atoms. The molecule has 23 heavy (non-hydrogen) atoms. The molecule has 1 heterocycles. The van der Waals surface area contributed by atoms with Gasteiger partial charge >= 0.3 is 6.18 Å². The number of halogens is 4. The van der Waals surface area contributed by atoms with E-state index in [9.17, 15) is 22.4 Å². The SMILES string of the molecule is CN1CCN(CC(C(N)=O)c2ccc(C(F)(F)F)c(F)c2)CC1. The molecule has 8 heteroatoms. The van der Waals surface area contributed by atoms with Crippen LogP contribution in [-0.4, -0.2) is 55.5 Å². The quantitative estimate of drug-likeness (QED) is 0.853. The van der Waals surface area contributed by atoms with Gasteiger partial charge in [-0.25, -0.2) is 4.39 Å². The summed E-state index contributed by atoms with van der Waals surface area (Å²) < 4.78 is 51.5. The number of primary amides is 1. The molecule has 2 N–H and O–H groups in total. The van der Waals surface area contributed by atoms with Crippen LogP contribution in [0.2, 0.25) is 0 Å². The Hall–Kier alpha value is -1.67. The zero-order valence-electron chi connectivity index (χ0n) is 12.7. The normalized spacial score (nSPS) is 18.8. The standard InChI is InChI=1S/C15H19F4N3O/c1-21-4-6-22(7-5-21)9-11(14(20)23)10-2-3-12(13(16)8-10)15(17,18)19/h2-3,8,11H,4-7,9H2,1H3,(H2,20,23). The number of nitrogens with zero attached hydrogens (tertiary/aromatic N) is 2. The third-order valence-corrected chi connectivity index (χ3v) is 4.08. The summed E-state index contributed by atoms with van der Waals surface area (Å²) in [6.45, 7) is 3.38. The fourth-order valence-electron chi connectivity index (χ4n) is 2.63. The summed E-state index contributed by atoms with van der Waals surface area (Å²) in [5, 5.41) is 0. The summed E-state index contributed by atoms with van der Waals surface area (Å²) in [5.74, 6) is -2.90. The lowest BCUT2D eigenvalue weighted by atomic mass is 9.96. The number of piperazine rings is 1. The smallest absolute Gasteiger partial charge is 0.369 e. The summed E-state index contributed by atoms with van der Waals surface area (Å²) in [6, 6.07) is 2.54. The second-order valence-electron chi connectivity index (χ2n) is 5.80. The van der Waals surface area contributed by atoms with E-state index in [0.717, 1.165) is 38.3 Å². The molecule has 0 aliphatic carbocycles. The van der Waals surface area contributed by atoms with Crippen LogP contribution in [0, 0.1) is 5.82 Å². The molecular formula is C15H19F4N3O. The van der Waals surface area contributed by atoms with Crippen LogP contribution in [0.4, 0.5) is 17.6 Å². The molecule has 1 saturated heterocycles. The molecule has 0 saturated carbocycles. The van der Waals surface area contributed by atoms with E-state index in [1.54, 1.807) is 0 Å². The van der Waals surface area contributed by atoms with Gasteiger partial charge in [-0.15, -0.1) is 0 Å². The average Bonchev–Trinajstić information content (AvgIpc) is 2.44. The van der Waals surface area contributed by atoms with E-state index in [-0.39, 0.29) is 12.1 Å². The first-order chi connectivity index (χ1) is 10.7. The summed E-state index contributed by atoms with van der Waals surface area (Å²) in [6.07, 6.45) is -4.76. The predicted octanol–water partition coefficient (Wildman–Crippen LogP) is 1.66. The van der Waals surface area contributed by atoms with Crippen molar-refractivity contribution in [2.75, 3.05) is 39.8 Å². The van der Waals surface area contributed by atoms with Crippen molar-refractivity contribution in [2.45, 2.75) is 12.1 Å². The van der Waals surface area contributed by atoms with Crippen LogP contribution in [0.15, 0.2) is 18.2 Å². The van der Waals surface area contributed by atoms with Crippen LogP contribution in [-0.2, 0) is 11.0 Å². The molecule has 128 valence electrons. The lowest BCUT2D eigenvalue weighted by Gasteiger charge is -2.34. The highest BCUT2D eigenvalue weighted by atomic mass is 19.4. The molecule has 0 aromatic heterocycles. The Bertz CT molecular complexity index is 568. The topological polar surface area (TPSA) is 49.6 Å². The van der Waals surface area contributed by atoms with Crippen LogP contribution in [0.3, 0.4) is 0 Å². The van der Waals surface area contributed by atoms with Crippen molar-refractivity contribution in [1.82, 2.24) is 9.80 Å². The van der Waals surface area contributed by atoms with Gasteiger partial charge in [0.05, 0.1) is 11.5 Å². The number of likely N-dealkylation sites (N-methyl/N-ethyl adjacent to an activating group) is 1. The van der Waals surface area contributed by atoms with Gasteiger partial charge in [-0.1, -0.05) is 6.07 Å². The number of alkyl halides is 3. The molecule has 4 nitrogen and oxygen atoms in total. The van der Waals surface area contributed by atoms with Gasteiger partial charge in [-0.2, -0.15) is 13.2 Å². The Morgan fingerprint density at radius 1 is 1.26 bits per heavy atom. The summed E-state index contributed by atoms with van der Waals surface area (Å²) in [5.41, 5.74) is 4.19. The van der Waals surface area contributed by atoms with Crippen LogP contribution in [0.5, 0.6) is 0 Å². The zero-order valence-corrected chi connectivity index (χ0v) is 12.7. The third kappa shape index (κ3) is 4.42. The number of rotatable bonds is 4. The second kappa shape index (κ2) is 6.84. The minimum Gasteiger partial charge on any atom is -0.369 e. The highest BCUT2D eigenvalue weighted by Gasteiger charge is 2.34. The first kappa shape index (κ1) is 17.7. The Labute approximate surface area is 131 Å². The molecule has 1 aromatic rings. The highest BCUT2D eigenvalue weighted by Crippen LogP contribution is 2.32. The fraction of sp³-hybridized carbons (Fsp3) is 0.533. The first-order valence-electron chi connectivity index (χ1n) is 7.25. The second-order valence-corrected chi connectivity index (χ2v) is 5.80. The molecule has 0 radical (unpaired) electrons. The van der Waals surface area contributed by atoms with Crippen molar-refractivity contribution >= 4 is 5.91 Å². The number of hydrogen-bond donors (Lipinski definition) is 1. The highest BCUT2D eigenvalue weighted by molar-refractivity contribution is 5.82. The number of benzene rings is 1. The number of hydrogen-bond acceptors (Lipinski definition) is 3. The molecule has 1 fully saturated rings. The van der Waals surface area contributed by atoms with Crippen molar-refractivity contribution in [3.8, 4) is 0 Å². The summed E-state index contributed by atoms with van der Waals surface area (Å²) >= 11 is 0. The largest absolute Gasteiger partial charge is 0.419 e. The Morgan fingerprint density at radius 3 is 2.35 bits per heavy atom. The van der Waals surface area contributed by atoms with E-state index < -0.39 is 29.4 Å². The van der Waals surface area contributed by atoms with Crippen LogP contribution in [0.1, 0.15) is 17.0 Å². The predicted molar refractivity (Wildman–Crippen MR) is 77.3 cm³/mol. The first-order valence-corrected chi connectivity index (χ1v) is 7.25. The van der Waals surface area contributed by atoms with Crippen molar-refractivity contribution < 1.29 is 22.4 Å². The average molecular weight is 333 g/mol. The third-order valence-electron chi connectivity index (χ3n) is 4.08. The van der Waals surface area contributed by atoms with Crippen LogP contribution >= 0.6 is 0 Å². The van der Waals surface area contributed by atoms with Gasteiger partial charge in [0.25, 0.3) is 0 Å². The Morgan fingerprint density at radius 2 is 1.87 bits per heavy atom. The van der Waals surface area contributed by atoms with Gasteiger partial charge in [0.1, 0.15) is 5.82 Å². The summed E-state index contributed by atoms with van der Waals surface area (Å²) in [4.78, 5) is 15.8. The van der Waals surface area contributed by atoms with Gasteiger partial charge in [0.15, 0.2) is 0 Å². The van der Waals surface area contributed by atoms with Gasteiger partial charge in [0, 0.05) is 32.7 Å². The van der Waals surface area contributed by atoms with Gasteiger partial charge in [-0.3, -0.25) is 9.69 Å². The minimum absolute atomic E-state index is 0.168. The number of amides is 1. The van der Waals surface area contributed by atoms with E-state index in [4.69, 9.17) is 5.73 Å².